The first-order valence-corrected chi connectivity index (χ1v) is 17.5. The molecule has 0 bridgehead atoms. The summed E-state index contributed by atoms with van der Waals surface area (Å²) in [5.41, 5.74) is 0. The molecular weight excluding hydrogens is 524 g/mol. The van der Waals surface area contributed by atoms with Crippen LogP contribution in [0.3, 0.4) is 0 Å². The molecule has 0 saturated carbocycles. The average Bonchev–Trinajstić information content (AvgIpc) is 2.81. The van der Waals surface area contributed by atoms with Gasteiger partial charge in [-0.2, -0.15) is 0 Å². The van der Waals surface area contributed by atoms with Gasteiger partial charge in [-0.1, -0.05) is 71.1 Å². The van der Waals surface area contributed by atoms with E-state index in [0.29, 0.717) is 0 Å². The summed E-state index contributed by atoms with van der Waals surface area (Å²) in [5.74, 6) is -2.52. The second-order valence-corrected chi connectivity index (χ2v) is 15.1. The molecule has 5 atom stereocenters. The molecule has 0 aliphatic carbocycles. The van der Waals surface area contributed by atoms with Crippen LogP contribution in [0.2, 0.25) is 19.1 Å². The van der Waals surface area contributed by atoms with Gasteiger partial charge in [-0.05, 0) is 19.1 Å². The molecule has 0 aromatic heterocycles. The van der Waals surface area contributed by atoms with Crippen molar-refractivity contribution in [3.8, 4) is 0 Å². The minimum atomic E-state index is -2.34. The fraction of sp³-hybridized carbons (Fsp3) is 0.857. The van der Waals surface area contributed by atoms with Crippen molar-refractivity contribution >= 4 is 32.2 Å². The van der Waals surface area contributed by atoms with Gasteiger partial charge >= 0.3 is 23.9 Å². The fourth-order valence-corrected chi connectivity index (χ4v) is 6.73. The highest BCUT2D eigenvalue weighted by molar-refractivity contribution is 6.71. The van der Waals surface area contributed by atoms with Gasteiger partial charge in [0.2, 0.25) is 0 Å². The zero-order chi connectivity index (χ0) is 29.4. The van der Waals surface area contributed by atoms with Crippen molar-refractivity contribution < 1.29 is 47.3 Å². The summed E-state index contributed by atoms with van der Waals surface area (Å²) < 4.78 is 34.1. The molecule has 0 spiro atoms. The first-order chi connectivity index (χ1) is 18.4. The number of unbranched alkanes of at least 4 members (excludes halogenated alkanes) is 9. The molecule has 0 amide bonds. The Morgan fingerprint density at radius 1 is 0.641 bits per heavy atom. The second-order valence-electron chi connectivity index (χ2n) is 10.9. The smallest absolute Gasteiger partial charge is 0.303 e. The molecule has 0 N–H and O–H groups in total. The third-order valence-corrected chi connectivity index (χ3v) is 8.94. The van der Waals surface area contributed by atoms with E-state index in [1.807, 2.05) is 0 Å². The van der Waals surface area contributed by atoms with Crippen molar-refractivity contribution in [3.63, 3.8) is 0 Å². The van der Waals surface area contributed by atoms with Gasteiger partial charge in [0, 0.05) is 27.7 Å². The summed E-state index contributed by atoms with van der Waals surface area (Å²) in [6, 6.07) is 0.858. The highest BCUT2D eigenvalue weighted by Crippen LogP contribution is 2.32. The van der Waals surface area contributed by atoms with Crippen molar-refractivity contribution in [1.29, 1.82) is 0 Å². The molecule has 10 nitrogen and oxygen atoms in total. The molecule has 1 fully saturated rings. The predicted molar refractivity (Wildman–Crippen MR) is 147 cm³/mol. The first-order valence-electron chi connectivity index (χ1n) is 14.3. The molecule has 39 heavy (non-hydrogen) atoms. The standard InChI is InChI=1S/C28H50O10Si/c1-8-9-10-11-12-13-14-15-16-17-18-39(6,7)38-28-27(36-23(5)32)26(35-22(4)31)25(34-21(3)30)24(37-28)19-33-20(2)29/h24-28H,8-19H2,1-7H3/t24-,25-,26+,27-,28+/m1/s1. The van der Waals surface area contributed by atoms with Gasteiger partial charge in [0.1, 0.15) is 12.7 Å². The Morgan fingerprint density at radius 3 is 1.59 bits per heavy atom. The van der Waals surface area contributed by atoms with Gasteiger partial charge < -0.3 is 28.1 Å². The lowest BCUT2D eigenvalue weighted by Gasteiger charge is -2.46. The van der Waals surface area contributed by atoms with Crippen LogP contribution < -0.4 is 0 Å². The topological polar surface area (TPSA) is 124 Å². The van der Waals surface area contributed by atoms with Crippen molar-refractivity contribution in [2.45, 2.75) is 149 Å². The second kappa shape index (κ2) is 18.4. The van der Waals surface area contributed by atoms with Gasteiger partial charge in [0.25, 0.3) is 0 Å². The summed E-state index contributed by atoms with van der Waals surface area (Å²) in [6.07, 6.45) is 6.64. The third kappa shape index (κ3) is 14.8. The van der Waals surface area contributed by atoms with Gasteiger partial charge in [0.15, 0.2) is 32.9 Å². The first kappa shape index (κ1) is 35.0. The quantitative estimate of drug-likeness (QED) is 0.0932. The summed E-state index contributed by atoms with van der Waals surface area (Å²) >= 11 is 0. The van der Waals surface area contributed by atoms with E-state index in [0.717, 1.165) is 18.9 Å². The Labute approximate surface area is 234 Å². The Balaban J connectivity index is 2.90. The molecule has 0 radical (unpaired) electrons. The van der Waals surface area contributed by atoms with E-state index in [1.54, 1.807) is 0 Å². The molecule has 1 aliphatic rings. The Morgan fingerprint density at radius 2 is 1.10 bits per heavy atom. The van der Waals surface area contributed by atoms with Gasteiger partial charge in [-0.25, -0.2) is 0 Å². The zero-order valence-electron chi connectivity index (χ0n) is 25.0. The number of hydrogen-bond donors (Lipinski definition) is 0. The van der Waals surface area contributed by atoms with Crippen molar-refractivity contribution in [2.24, 2.45) is 0 Å². The number of carbonyl (C=O) groups excluding carboxylic acids is 4. The molecule has 11 heteroatoms. The molecule has 1 aliphatic heterocycles. The summed E-state index contributed by atoms with van der Waals surface area (Å²) in [6.45, 7) is 10.9. The van der Waals surface area contributed by atoms with Gasteiger partial charge in [-0.3, -0.25) is 19.2 Å². The number of esters is 4. The van der Waals surface area contributed by atoms with Gasteiger partial charge in [-0.15, -0.1) is 0 Å². The number of ether oxygens (including phenoxy) is 5. The Hall–Kier alpha value is -1.98. The fourth-order valence-electron chi connectivity index (χ4n) is 4.70. The molecule has 1 heterocycles. The van der Waals surface area contributed by atoms with Crippen molar-refractivity contribution in [1.82, 2.24) is 0 Å². The molecular formula is C28H50O10Si. The van der Waals surface area contributed by atoms with E-state index in [9.17, 15) is 19.2 Å². The minimum Gasteiger partial charge on any atom is -0.463 e. The van der Waals surface area contributed by atoms with Crippen LogP contribution in [0.25, 0.3) is 0 Å². The molecule has 0 aromatic carbocycles. The van der Waals surface area contributed by atoms with Crippen LogP contribution in [0, 0.1) is 0 Å². The SMILES string of the molecule is CCCCCCCCCCCC[Si](C)(C)O[C@@H]1O[C@H](COC(C)=O)[C@@H](OC(C)=O)[C@H](OC(C)=O)[C@H]1OC(C)=O. The molecule has 1 saturated heterocycles. The van der Waals surface area contributed by atoms with Crippen LogP contribution in [-0.2, 0) is 47.3 Å². The zero-order valence-corrected chi connectivity index (χ0v) is 26.0. The van der Waals surface area contributed by atoms with E-state index < -0.39 is 62.9 Å². The number of carbonyl (C=O) groups is 4. The average molecular weight is 575 g/mol. The largest absolute Gasteiger partial charge is 0.463 e. The molecule has 0 unspecified atom stereocenters. The van der Waals surface area contributed by atoms with E-state index in [2.05, 4.69) is 20.0 Å². The summed E-state index contributed by atoms with van der Waals surface area (Å²) in [4.78, 5) is 47.4. The predicted octanol–water partition coefficient (Wildman–Crippen LogP) is 5.21. The molecule has 226 valence electrons. The van der Waals surface area contributed by atoms with E-state index in [4.69, 9.17) is 28.1 Å². The maximum atomic E-state index is 12.0. The lowest BCUT2D eigenvalue weighted by Crippen LogP contribution is -2.64. The molecule has 1 rings (SSSR count). The van der Waals surface area contributed by atoms with Crippen LogP contribution in [0.5, 0.6) is 0 Å². The number of rotatable bonds is 18. The van der Waals surface area contributed by atoms with Crippen molar-refractivity contribution in [2.75, 3.05) is 6.61 Å². The molecule has 0 aromatic rings. The van der Waals surface area contributed by atoms with Gasteiger partial charge in [0.05, 0.1) is 0 Å². The summed E-state index contributed by atoms with van der Waals surface area (Å²) in [5, 5.41) is 0. The van der Waals surface area contributed by atoms with E-state index in [-0.39, 0.29) is 6.61 Å². The lowest BCUT2D eigenvalue weighted by atomic mass is 9.98. The third-order valence-electron chi connectivity index (χ3n) is 6.52. The maximum Gasteiger partial charge on any atom is 0.303 e. The highest BCUT2D eigenvalue weighted by atomic mass is 28.4. The van der Waals surface area contributed by atoms with E-state index in [1.165, 1.54) is 79.1 Å². The Bertz CT molecular complexity index is 771. The van der Waals surface area contributed by atoms with Crippen LogP contribution >= 0.6 is 0 Å². The summed E-state index contributed by atoms with van der Waals surface area (Å²) in [7, 11) is -2.34. The minimum absolute atomic E-state index is 0.266. The normalized spacial score (nSPS) is 23.1. The number of hydrogen-bond acceptors (Lipinski definition) is 10. The Kier molecular flexibility index (Phi) is 16.5. The van der Waals surface area contributed by atoms with Crippen LogP contribution in [0.4, 0.5) is 0 Å². The van der Waals surface area contributed by atoms with Crippen LogP contribution in [0.15, 0.2) is 0 Å². The lowest BCUT2D eigenvalue weighted by molar-refractivity contribution is -0.291. The highest BCUT2D eigenvalue weighted by Gasteiger charge is 2.53. The van der Waals surface area contributed by atoms with E-state index >= 15 is 0 Å². The maximum absolute atomic E-state index is 12.0. The monoisotopic (exact) mass is 574 g/mol. The van der Waals surface area contributed by atoms with Crippen LogP contribution in [-0.4, -0.2) is 69.5 Å². The van der Waals surface area contributed by atoms with Crippen LogP contribution in [0.1, 0.15) is 98.8 Å². The van der Waals surface area contributed by atoms with Crippen molar-refractivity contribution in [3.05, 3.63) is 0 Å².